The Labute approximate surface area is 167 Å². The molecule has 3 rings (SSSR count). The van der Waals surface area contributed by atoms with Crippen molar-refractivity contribution in [1.82, 2.24) is 10.2 Å². The van der Waals surface area contributed by atoms with Crippen molar-refractivity contribution < 1.29 is 9.59 Å². The second-order valence-corrected chi connectivity index (χ2v) is 9.41. The molecule has 0 unspecified atom stereocenters. The van der Waals surface area contributed by atoms with E-state index in [1.807, 2.05) is 42.2 Å². The quantitative estimate of drug-likeness (QED) is 0.818. The lowest BCUT2D eigenvalue weighted by Gasteiger charge is -2.36. The topological polar surface area (TPSA) is 49.4 Å². The summed E-state index contributed by atoms with van der Waals surface area (Å²) in [4.78, 5) is 28.3. The van der Waals surface area contributed by atoms with Crippen molar-refractivity contribution in [2.45, 2.75) is 70.3 Å². The van der Waals surface area contributed by atoms with Crippen LogP contribution in [0.2, 0.25) is 0 Å². The first-order valence-corrected chi connectivity index (χ1v) is 11.3. The van der Waals surface area contributed by atoms with E-state index in [4.69, 9.17) is 0 Å². The number of amides is 2. The van der Waals surface area contributed by atoms with E-state index in [0.29, 0.717) is 23.2 Å². The maximum Gasteiger partial charge on any atom is 0.255 e. The van der Waals surface area contributed by atoms with Crippen LogP contribution in [0.5, 0.6) is 0 Å². The van der Waals surface area contributed by atoms with Gasteiger partial charge in [-0.05, 0) is 43.7 Å². The fraction of sp³-hybridized carbons (Fsp3) is 0.636. The predicted molar refractivity (Wildman–Crippen MR) is 112 cm³/mol. The Kier molecular flexibility index (Phi) is 6.85. The maximum absolute atomic E-state index is 13.4. The molecule has 0 spiro atoms. The molecule has 1 aliphatic carbocycles. The smallest absolute Gasteiger partial charge is 0.255 e. The fourth-order valence-corrected chi connectivity index (χ4v) is 5.63. The lowest BCUT2D eigenvalue weighted by Crippen LogP contribution is -2.53. The molecule has 1 aliphatic heterocycles. The summed E-state index contributed by atoms with van der Waals surface area (Å²) < 4.78 is 0. The Bertz CT molecular complexity index is 643. The lowest BCUT2D eigenvalue weighted by molar-refractivity contribution is -0.126. The van der Waals surface area contributed by atoms with Crippen molar-refractivity contribution in [3.8, 4) is 0 Å². The molecule has 1 aromatic rings. The zero-order valence-corrected chi connectivity index (χ0v) is 17.5. The summed E-state index contributed by atoms with van der Waals surface area (Å²) in [5.74, 6) is 1.54. The summed E-state index contributed by atoms with van der Waals surface area (Å²) in [5, 5.41) is 3.25. The summed E-state index contributed by atoms with van der Waals surface area (Å²) in [5.41, 5.74) is 0.676. The van der Waals surface area contributed by atoms with Gasteiger partial charge in [-0.2, -0.15) is 0 Å². The zero-order valence-electron chi connectivity index (χ0n) is 16.7. The van der Waals surface area contributed by atoms with Crippen LogP contribution >= 0.6 is 11.8 Å². The largest absolute Gasteiger partial charge is 0.352 e. The fourth-order valence-electron chi connectivity index (χ4n) is 3.99. The van der Waals surface area contributed by atoms with Gasteiger partial charge in [0.05, 0.1) is 5.37 Å². The molecule has 0 aromatic heterocycles. The van der Waals surface area contributed by atoms with E-state index < -0.39 is 0 Å². The summed E-state index contributed by atoms with van der Waals surface area (Å²) in [6, 6.07) is 9.14. The predicted octanol–water partition coefficient (Wildman–Crippen LogP) is 4.31. The van der Waals surface area contributed by atoms with Crippen molar-refractivity contribution >= 4 is 23.6 Å². The van der Waals surface area contributed by atoms with E-state index in [-0.39, 0.29) is 29.3 Å². The maximum atomic E-state index is 13.4. The van der Waals surface area contributed by atoms with Gasteiger partial charge in [-0.25, -0.2) is 0 Å². The van der Waals surface area contributed by atoms with Gasteiger partial charge >= 0.3 is 0 Å². The zero-order chi connectivity index (χ0) is 19.4. The van der Waals surface area contributed by atoms with Gasteiger partial charge in [0.25, 0.3) is 5.91 Å². The Hall–Kier alpha value is -1.49. The minimum atomic E-state index is -0.379. The van der Waals surface area contributed by atoms with Crippen LogP contribution in [0.4, 0.5) is 0 Å². The van der Waals surface area contributed by atoms with Crippen molar-refractivity contribution in [2.75, 3.05) is 5.75 Å². The summed E-state index contributed by atoms with van der Waals surface area (Å²) in [7, 11) is 0. The third-order valence-corrected chi connectivity index (χ3v) is 7.48. The van der Waals surface area contributed by atoms with Gasteiger partial charge in [0.15, 0.2) is 0 Å². The van der Waals surface area contributed by atoms with Crippen LogP contribution in [0.3, 0.4) is 0 Å². The molecule has 148 valence electrons. The molecule has 1 N–H and O–H groups in total. The third kappa shape index (κ3) is 4.68. The average molecular weight is 389 g/mol. The van der Waals surface area contributed by atoms with Crippen LogP contribution in [0, 0.1) is 11.8 Å². The van der Waals surface area contributed by atoms with Gasteiger partial charge in [-0.15, -0.1) is 11.8 Å². The van der Waals surface area contributed by atoms with E-state index in [1.165, 1.54) is 19.3 Å². The monoisotopic (exact) mass is 388 g/mol. The first kappa shape index (κ1) is 20.2. The van der Waals surface area contributed by atoms with Crippen molar-refractivity contribution in [3.63, 3.8) is 0 Å². The van der Waals surface area contributed by atoms with Crippen molar-refractivity contribution in [3.05, 3.63) is 35.9 Å². The van der Waals surface area contributed by atoms with E-state index in [1.54, 1.807) is 11.8 Å². The van der Waals surface area contributed by atoms with E-state index in [0.717, 1.165) is 12.8 Å². The number of rotatable bonds is 5. The minimum Gasteiger partial charge on any atom is -0.352 e. The number of thioether (sulfide) groups is 1. The van der Waals surface area contributed by atoms with Crippen LogP contribution in [-0.4, -0.2) is 39.9 Å². The molecular weight excluding hydrogens is 356 g/mol. The van der Waals surface area contributed by atoms with Crippen LogP contribution in [0.1, 0.15) is 63.2 Å². The van der Waals surface area contributed by atoms with Gasteiger partial charge in [0.1, 0.15) is 6.04 Å². The SMILES string of the molecule is CC(C)[C@H](C)NC(=O)[C@H]1CS[C@@H](C2CCCCC2)N1C(=O)c1ccccc1. The second-order valence-electron chi connectivity index (χ2n) is 8.26. The molecular formula is C22H32N2O2S. The Balaban J connectivity index is 1.83. The number of carbonyl (C=O) groups is 2. The van der Waals surface area contributed by atoms with Gasteiger partial charge in [0, 0.05) is 17.4 Å². The Morgan fingerprint density at radius 2 is 1.74 bits per heavy atom. The number of carbonyl (C=O) groups excluding carboxylic acids is 2. The lowest BCUT2D eigenvalue weighted by atomic mass is 9.88. The average Bonchev–Trinajstić information content (AvgIpc) is 3.13. The number of nitrogens with zero attached hydrogens (tertiary/aromatic N) is 1. The van der Waals surface area contributed by atoms with E-state index >= 15 is 0 Å². The van der Waals surface area contributed by atoms with Gasteiger partial charge in [-0.1, -0.05) is 51.3 Å². The highest BCUT2D eigenvalue weighted by Gasteiger charge is 2.45. The molecule has 5 heteroatoms. The minimum absolute atomic E-state index is 0.00600. The molecule has 1 heterocycles. The molecule has 0 bridgehead atoms. The summed E-state index contributed by atoms with van der Waals surface area (Å²) in [6.45, 7) is 6.24. The Morgan fingerprint density at radius 3 is 2.37 bits per heavy atom. The molecule has 3 atom stereocenters. The third-order valence-electron chi connectivity index (χ3n) is 6.02. The molecule has 27 heavy (non-hydrogen) atoms. The van der Waals surface area contributed by atoms with Crippen LogP contribution in [0.25, 0.3) is 0 Å². The molecule has 2 fully saturated rings. The standard InChI is InChI=1S/C22H32N2O2S/c1-15(2)16(3)23-20(25)19-14-27-22(18-12-8-5-9-13-18)24(19)21(26)17-10-6-4-7-11-17/h4,6-7,10-11,15-16,18-19,22H,5,8-9,12-14H2,1-3H3,(H,23,25)/t16-,19+,22-/m0/s1. The molecule has 1 aromatic carbocycles. The van der Waals surface area contributed by atoms with E-state index in [9.17, 15) is 9.59 Å². The van der Waals surface area contributed by atoms with Gasteiger partial charge in [0.2, 0.25) is 5.91 Å². The molecule has 2 amide bonds. The first-order chi connectivity index (χ1) is 13.0. The van der Waals surface area contributed by atoms with Crippen LogP contribution in [0.15, 0.2) is 30.3 Å². The number of hydrogen-bond donors (Lipinski definition) is 1. The van der Waals surface area contributed by atoms with Gasteiger partial charge < -0.3 is 10.2 Å². The molecule has 4 nitrogen and oxygen atoms in total. The van der Waals surface area contributed by atoms with Gasteiger partial charge in [-0.3, -0.25) is 9.59 Å². The van der Waals surface area contributed by atoms with E-state index in [2.05, 4.69) is 19.2 Å². The Morgan fingerprint density at radius 1 is 1.07 bits per heavy atom. The molecule has 1 saturated heterocycles. The highest BCUT2D eigenvalue weighted by Crippen LogP contribution is 2.41. The van der Waals surface area contributed by atoms with Crippen LogP contribution < -0.4 is 5.32 Å². The van der Waals surface area contributed by atoms with Crippen molar-refractivity contribution in [1.29, 1.82) is 0 Å². The molecule has 0 radical (unpaired) electrons. The highest BCUT2D eigenvalue weighted by molar-refractivity contribution is 8.00. The summed E-state index contributed by atoms with van der Waals surface area (Å²) >= 11 is 1.80. The first-order valence-electron chi connectivity index (χ1n) is 10.3. The number of nitrogens with one attached hydrogen (secondary N) is 1. The molecule has 1 saturated carbocycles. The van der Waals surface area contributed by atoms with Crippen LogP contribution in [-0.2, 0) is 4.79 Å². The summed E-state index contributed by atoms with van der Waals surface area (Å²) in [6.07, 6.45) is 6.07. The number of hydrogen-bond acceptors (Lipinski definition) is 3. The highest BCUT2D eigenvalue weighted by atomic mass is 32.2. The normalized spacial score (nSPS) is 24.8. The van der Waals surface area contributed by atoms with Crippen molar-refractivity contribution in [2.24, 2.45) is 11.8 Å². The second kappa shape index (κ2) is 9.13. The number of benzene rings is 1. The molecule has 2 aliphatic rings.